The highest BCUT2D eigenvalue weighted by molar-refractivity contribution is 5.81. The van der Waals surface area contributed by atoms with Crippen molar-refractivity contribution in [3.8, 4) is 0 Å². The third-order valence-corrected chi connectivity index (χ3v) is 4.15. The van der Waals surface area contributed by atoms with E-state index in [2.05, 4.69) is 34.5 Å². The van der Waals surface area contributed by atoms with Crippen LogP contribution in [0.15, 0.2) is 24.3 Å². The van der Waals surface area contributed by atoms with Crippen LogP contribution in [0.2, 0.25) is 0 Å². The van der Waals surface area contributed by atoms with Crippen LogP contribution in [0.5, 0.6) is 0 Å². The first-order valence-corrected chi connectivity index (χ1v) is 7.21. The molecule has 110 valence electrons. The predicted molar refractivity (Wildman–Crippen MR) is 81.1 cm³/mol. The maximum atomic E-state index is 12.0. The van der Waals surface area contributed by atoms with Crippen LogP contribution in [0.25, 0.3) is 0 Å². The lowest BCUT2D eigenvalue weighted by Crippen LogP contribution is -2.56. The lowest BCUT2D eigenvalue weighted by atomic mass is 10.0. The maximum Gasteiger partial charge on any atom is 0.327 e. The Morgan fingerprint density at radius 3 is 2.85 bits per heavy atom. The summed E-state index contributed by atoms with van der Waals surface area (Å²) in [5, 5.41) is 3.11. The SMILES string of the molecule is CNC(C)(CN1CCCCc2ccccc21)C(=O)OC. The van der Waals surface area contributed by atoms with Gasteiger partial charge in [-0.3, -0.25) is 0 Å². The number of nitrogens with zero attached hydrogens (tertiary/aromatic N) is 1. The molecule has 1 aliphatic rings. The Morgan fingerprint density at radius 2 is 2.15 bits per heavy atom. The number of ether oxygens (including phenoxy) is 1. The third-order valence-electron chi connectivity index (χ3n) is 4.15. The number of likely N-dealkylation sites (N-methyl/N-ethyl adjacent to an activating group) is 1. The van der Waals surface area contributed by atoms with Gasteiger partial charge < -0.3 is 15.0 Å². The number of nitrogens with one attached hydrogen (secondary N) is 1. The highest BCUT2D eigenvalue weighted by atomic mass is 16.5. The number of carbonyl (C=O) groups is 1. The van der Waals surface area contributed by atoms with Crippen molar-refractivity contribution in [1.82, 2.24) is 5.32 Å². The summed E-state index contributed by atoms with van der Waals surface area (Å²) in [6.45, 7) is 3.49. The fourth-order valence-electron chi connectivity index (χ4n) is 2.79. The van der Waals surface area contributed by atoms with Gasteiger partial charge in [-0.1, -0.05) is 18.2 Å². The number of benzene rings is 1. The van der Waals surface area contributed by atoms with Gasteiger partial charge in [0, 0.05) is 18.8 Å². The molecule has 1 unspecified atom stereocenters. The molecule has 2 rings (SSSR count). The number of hydrogen-bond acceptors (Lipinski definition) is 4. The Balaban J connectivity index is 2.26. The molecule has 4 nitrogen and oxygen atoms in total. The quantitative estimate of drug-likeness (QED) is 0.854. The highest BCUT2D eigenvalue weighted by Crippen LogP contribution is 2.27. The molecule has 1 N–H and O–H groups in total. The zero-order chi connectivity index (χ0) is 14.6. The van der Waals surface area contributed by atoms with Crippen LogP contribution in [-0.4, -0.2) is 38.8 Å². The average Bonchev–Trinajstić information content (AvgIpc) is 2.69. The molecule has 0 spiro atoms. The Bertz CT molecular complexity index is 475. The summed E-state index contributed by atoms with van der Waals surface area (Å²) in [4.78, 5) is 14.3. The van der Waals surface area contributed by atoms with Crippen molar-refractivity contribution < 1.29 is 9.53 Å². The number of rotatable bonds is 4. The lowest BCUT2D eigenvalue weighted by Gasteiger charge is -2.34. The van der Waals surface area contributed by atoms with Gasteiger partial charge in [0.25, 0.3) is 0 Å². The molecular weight excluding hydrogens is 252 g/mol. The Hall–Kier alpha value is -1.55. The second kappa shape index (κ2) is 6.27. The minimum atomic E-state index is -0.688. The molecule has 4 heteroatoms. The van der Waals surface area contributed by atoms with Crippen molar-refractivity contribution >= 4 is 11.7 Å². The molecule has 0 saturated carbocycles. The van der Waals surface area contributed by atoms with Gasteiger partial charge >= 0.3 is 5.97 Å². The summed E-state index contributed by atoms with van der Waals surface area (Å²) in [6.07, 6.45) is 3.46. The summed E-state index contributed by atoms with van der Waals surface area (Å²) in [5.74, 6) is -0.221. The van der Waals surface area contributed by atoms with Gasteiger partial charge in [0.2, 0.25) is 0 Å². The van der Waals surface area contributed by atoms with Gasteiger partial charge in [0.05, 0.1) is 7.11 Å². The van der Waals surface area contributed by atoms with E-state index in [1.165, 1.54) is 24.8 Å². The minimum Gasteiger partial charge on any atom is -0.468 e. The number of methoxy groups -OCH3 is 1. The molecule has 0 amide bonds. The van der Waals surface area contributed by atoms with Crippen LogP contribution < -0.4 is 10.2 Å². The zero-order valence-electron chi connectivity index (χ0n) is 12.6. The van der Waals surface area contributed by atoms with Crippen molar-refractivity contribution in [2.45, 2.75) is 31.7 Å². The Labute approximate surface area is 121 Å². The Kier molecular flexibility index (Phi) is 4.65. The van der Waals surface area contributed by atoms with Crippen molar-refractivity contribution in [2.24, 2.45) is 0 Å². The fourth-order valence-corrected chi connectivity index (χ4v) is 2.79. The summed E-state index contributed by atoms with van der Waals surface area (Å²) in [7, 11) is 3.24. The molecule has 0 saturated heterocycles. The summed E-state index contributed by atoms with van der Waals surface area (Å²) in [5.41, 5.74) is 1.93. The van der Waals surface area contributed by atoms with Crippen LogP contribution in [0.3, 0.4) is 0 Å². The van der Waals surface area contributed by atoms with E-state index in [4.69, 9.17) is 4.74 Å². The van der Waals surface area contributed by atoms with Gasteiger partial charge in [-0.05, 0) is 44.9 Å². The number of fused-ring (bicyclic) bond motifs is 1. The molecule has 1 atom stereocenters. The first-order valence-electron chi connectivity index (χ1n) is 7.21. The Morgan fingerprint density at radius 1 is 1.40 bits per heavy atom. The lowest BCUT2D eigenvalue weighted by molar-refractivity contribution is -0.147. The maximum absolute atomic E-state index is 12.0. The summed E-state index contributed by atoms with van der Waals surface area (Å²) in [6, 6.07) is 8.47. The zero-order valence-corrected chi connectivity index (χ0v) is 12.6. The van der Waals surface area contributed by atoms with Gasteiger partial charge in [-0.2, -0.15) is 0 Å². The molecule has 0 aromatic heterocycles. The van der Waals surface area contributed by atoms with E-state index in [1.54, 1.807) is 7.05 Å². The van der Waals surface area contributed by atoms with Crippen molar-refractivity contribution in [2.75, 3.05) is 32.1 Å². The standard InChI is InChI=1S/C16H24N2O2/c1-16(17-2,15(19)20-3)12-18-11-7-6-9-13-8-4-5-10-14(13)18/h4-5,8,10,17H,6-7,9,11-12H2,1-3H3. The third kappa shape index (κ3) is 2.96. The van der Waals surface area contributed by atoms with Crippen LogP contribution in [0.4, 0.5) is 5.69 Å². The van der Waals surface area contributed by atoms with Crippen LogP contribution >= 0.6 is 0 Å². The van der Waals surface area contributed by atoms with E-state index in [0.29, 0.717) is 6.54 Å². The first kappa shape index (κ1) is 14.9. The monoisotopic (exact) mass is 276 g/mol. The smallest absolute Gasteiger partial charge is 0.327 e. The largest absolute Gasteiger partial charge is 0.468 e. The normalized spacial score (nSPS) is 17.9. The molecule has 0 aliphatic carbocycles. The van der Waals surface area contributed by atoms with Crippen LogP contribution in [0.1, 0.15) is 25.3 Å². The molecule has 20 heavy (non-hydrogen) atoms. The number of carbonyl (C=O) groups excluding carboxylic acids is 1. The number of hydrogen-bond donors (Lipinski definition) is 1. The van der Waals surface area contributed by atoms with Gasteiger partial charge in [0.1, 0.15) is 5.54 Å². The number of aryl methyl sites for hydroxylation is 1. The summed E-state index contributed by atoms with van der Waals surface area (Å²) >= 11 is 0. The van der Waals surface area contributed by atoms with Crippen molar-refractivity contribution in [1.29, 1.82) is 0 Å². The molecule has 0 bridgehead atoms. The van der Waals surface area contributed by atoms with E-state index in [-0.39, 0.29) is 5.97 Å². The van der Waals surface area contributed by atoms with Crippen molar-refractivity contribution in [3.05, 3.63) is 29.8 Å². The van der Waals surface area contributed by atoms with Crippen molar-refractivity contribution in [3.63, 3.8) is 0 Å². The molecule has 1 aliphatic heterocycles. The molecule has 1 aromatic carbocycles. The van der Waals surface area contributed by atoms with E-state index < -0.39 is 5.54 Å². The molecule has 1 aromatic rings. The highest BCUT2D eigenvalue weighted by Gasteiger charge is 2.35. The number of anilines is 1. The number of esters is 1. The van der Waals surface area contributed by atoms with E-state index in [1.807, 2.05) is 6.92 Å². The summed E-state index contributed by atoms with van der Waals surface area (Å²) < 4.78 is 4.94. The van der Waals surface area contributed by atoms with E-state index >= 15 is 0 Å². The molecule has 0 fully saturated rings. The average molecular weight is 276 g/mol. The number of para-hydroxylation sites is 1. The topological polar surface area (TPSA) is 41.6 Å². The van der Waals surface area contributed by atoms with E-state index in [9.17, 15) is 4.79 Å². The fraction of sp³-hybridized carbons (Fsp3) is 0.562. The first-order chi connectivity index (χ1) is 9.60. The molecule has 0 radical (unpaired) electrons. The van der Waals surface area contributed by atoms with E-state index in [0.717, 1.165) is 19.4 Å². The van der Waals surface area contributed by atoms with Crippen LogP contribution in [-0.2, 0) is 16.0 Å². The van der Waals surface area contributed by atoms with Gasteiger partial charge in [0.15, 0.2) is 0 Å². The predicted octanol–water partition coefficient (Wildman–Crippen LogP) is 1.98. The minimum absolute atomic E-state index is 0.221. The second-order valence-corrected chi connectivity index (χ2v) is 5.58. The van der Waals surface area contributed by atoms with Gasteiger partial charge in [-0.25, -0.2) is 4.79 Å². The molecular formula is C16H24N2O2. The van der Waals surface area contributed by atoms with Gasteiger partial charge in [-0.15, -0.1) is 0 Å². The van der Waals surface area contributed by atoms with Crippen LogP contribution in [0, 0.1) is 0 Å². The second-order valence-electron chi connectivity index (χ2n) is 5.58. The molecule has 1 heterocycles.